The van der Waals surface area contributed by atoms with E-state index in [1.807, 2.05) is 0 Å². The van der Waals surface area contributed by atoms with E-state index in [1.54, 1.807) is 60.7 Å². The van der Waals surface area contributed by atoms with Gasteiger partial charge in [-0.2, -0.15) is 5.01 Å². The first-order valence-electron chi connectivity index (χ1n) is 11.6. The van der Waals surface area contributed by atoms with E-state index in [-0.39, 0.29) is 18.9 Å². The van der Waals surface area contributed by atoms with Gasteiger partial charge in [-0.15, -0.1) is 0 Å². The second-order valence-electron chi connectivity index (χ2n) is 9.01. The second kappa shape index (κ2) is 8.53. The minimum Gasteiger partial charge on any atom is -0.323 e. The Kier molecular flexibility index (Phi) is 5.50. The Balaban J connectivity index is 1.31. The normalized spacial score (nSPS) is 20.3. The van der Waals surface area contributed by atoms with Crippen LogP contribution in [0.5, 0.6) is 0 Å². The molecule has 35 heavy (non-hydrogen) atoms. The predicted octanol–water partition coefficient (Wildman–Crippen LogP) is 1.77. The highest BCUT2D eigenvalue weighted by molar-refractivity contribution is 6.10. The van der Waals surface area contributed by atoms with E-state index in [1.165, 1.54) is 0 Å². The molecule has 7 amide bonds. The molecule has 0 aromatic heterocycles. The van der Waals surface area contributed by atoms with Crippen LogP contribution in [-0.2, 0) is 19.9 Å². The highest BCUT2D eigenvalue weighted by Gasteiger charge is 2.55. The van der Waals surface area contributed by atoms with Crippen molar-refractivity contribution < 1.29 is 24.0 Å². The second-order valence-corrected chi connectivity index (χ2v) is 9.01. The lowest BCUT2D eigenvalue weighted by Gasteiger charge is -2.27. The van der Waals surface area contributed by atoms with Crippen LogP contribution in [0.15, 0.2) is 60.7 Å². The van der Waals surface area contributed by atoms with Crippen LogP contribution in [-0.4, -0.2) is 51.8 Å². The summed E-state index contributed by atoms with van der Waals surface area (Å²) in [7, 11) is 0. The van der Waals surface area contributed by atoms with Crippen molar-refractivity contribution in [2.24, 2.45) is 0 Å². The zero-order valence-corrected chi connectivity index (χ0v) is 19.0. The molecule has 0 unspecified atom stereocenters. The van der Waals surface area contributed by atoms with Crippen LogP contribution in [0.1, 0.15) is 43.2 Å². The van der Waals surface area contributed by atoms with Crippen molar-refractivity contribution in [1.82, 2.24) is 26.0 Å². The van der Waals surface area contributed by atoms with Crippen molar-refractivity contribution in [3.05, 3.63) is 71.8 Å². The molecule has 2 saturated heterocycles. The monoisotopic (exact) mass is 475 g/mol. The molecule has 1 saturated carbocycles. The van der Waals surface area contributed by atoms with Crippen molar-refractivity contribution in [3.63, 3.8) is 0 Å². The summed E-state index contributed by atoms with van der Waals surface area (Å²) in [5.74, 6) is -1.65. The minimum absolute atomic E-state index is 0.148. The Bertz CT molecular complexity index is 1150. The number of nitrogens with zero attached hydrogens (tertiary/aromatic N) is 2. The van der Waals surface area contributed by atoms with Gasteiger partial charge in [-0.25, -0.2) is 9.59 Å². The zero-order chi connectivity index (χ0) is 24.6. The van der Waals surface area contributed by atoms with Gasteiger partial charge in [-0.3, -0.25) is 24.7 Å². The summed E-state index contributed by atoms with van der Waals surface area (Å²) in [6.45, 7) is -0.148. The average Bonchev–Trinajstić information content (AvgIpc) is 3.51. The molecule has 1 spiro atoms. The van der Waals surface area contributed by atoms with Crippen LogP contribution in [0.2, 0.25) is 0 Å². The van der Waals surface area contributed by atoms with E-state index < -0.39 is 35.0 Å². The zero-order valence-electron chi connectivity index (χ0n) is 19.0. The number of hydrogen-bond donors (Lipinski definition) is 3. The third kappa shape index (κ3) is 3.61. The summed E-state index contributed by atoms with van der Waals surface area (Å²) in [6.07, 6.45) is 2.64. The molecule has 2 aromatic carbocycles. The molecular weight excluding hydrogens is 450 g/mol. The Hall–Kier alpha value is -4.21. The molecule has 2 aliphatic heterocycles. The first kappa shape index (κ1) is 22.6. The first-order valence-corrected chi connectivity index (χ1v) is 11.6. The van der Waals surface area contributed by atoms with E-state index in [0.29, 0.717) is 29.0 Å². The molecule has 0 atom stereocenters. The number of benzene rings is 2. The third-order valence-corrected chi connectivity index (χ3v) is 6.94. The third-order valence-electron chi connectivity index (χ3n) is 6.94. The molecule has 3 aliphatic rings. The van der Waals surface area contributed by atoms with Crippen molar-refractivity contribution in [1.29, 1.82) is 0 Å². The fraction of sp³-hybridized carbons (Fsp3) is 0.320. The van der Waals surface area contributed by atoms with Crippen molar-refractivity contribution >= 4 is 29.8 Å². The van der Waals surface area contributed by atoms with Crippen LogP contribution in [0, 0.1) is 0 Å². The standard InChI is InChI=1S/C25H25N5O5/c31-19(13-16-29-20(32)24(26-22(29)34)14-7-8-15-24)28-30-21(33)25(27-23(30)35,17-9-3-1-4-10-17)18-11-5-2-6-12-18/h1-6,9-12H,7-8,13-16H2,(H,26,34)(H,27,35)(H,28,31). The number of hydrogen-bond acceptors (Lipinski definition) is 5. The average molecular weight is 476 g/mol. The number of hydrazine groups is 1. The van der Waals surface area contributed by atoms with Gasteiger partial charge in [0.25, 0.3) is 11.8 Å². The van der Waals surface area contributed by atoms with Gasteiger partial charge in [0.1, 0.15) is 5.54 Å². The summed E-state index contributed by atoms with van der Waals surface area (Å²) in [5.41, 5.74) is 1.07. The molecular formula is C25H25N5O5. The van der Waals surface area contributed by atoms with Gasteiger partial charge >= 0.3 is 12.1 Å². The summed E-state index contributed by atoms with van der Waals surface area (Å²) >= 11 is 0. The topological polar surface area (TPSA) is 128 Å². The van der Waals surface area contributed by atoms with Gasteiger partial charge in [0.05, 0.1) is 0 Å². The molecule has 10 nitrogen and oxygen atoms in total. The molecule has 0 radical (unpaired) electrons. The van der Waals surface area contributed by atoms with Gasteiger partial charge in [0.2, 0.25) is 5.91 Å². The Morgan fingerprint density at radius 2 is 1.37 bits per heavy atom. The smallest absolute Gasteiger partial charge is 0.323 e. The summed E-state index contributed by atoms with van der Waals surface area (Å²) in [6, 6.07) is 16.3. The first-order chi connectivity index (χ1) is 16.9. The van der Waals surface area contributed by atoms with Crippen LogP contribution in [0.25, 0.3) is 0 Å². The van der Waals surface area contributed by atoms with Gasteiger partial charge in [0.15, 0.2) is 5.54 Å². The van der Waals surface area contributed by atoms with E-state index in [9.17, 15) is 24.0 Å². The highest BCUT2D eigenvalue weighted by Crippen LogP contribution is 2.36. The van der Waals surface area contributed by atoms with Crippen LogP contribution >= 0.6 is 0 Å². The molecule has 0 bridgehead atoms. The lowest BCUT2D eigenvalue weighted by molar-refractivity contribution is -0.139. The quantitative estimate of drug-likeness (QED) is 0.549. The van der Waals surface area contributed by atoms with Crippen molar-refractivity contribution in [2.75, 3.05) is 6.54 Å². The lowest BCUT2D eigenvalue weighted by Crippen LogP contribution is -2.49. The maximum absolute atomic E-state index is 13.6. The molecule has 5 rings (SSSR count). The number of amides is 7. The maximum atomic E-state index is 13.6. The fourth-order valence-electron chi connectivity index (χ4n) is 5.16. The van der Waals surface area contributed by atoms with Gasteiger partial charge in [0, 0.05) is 13.0 Å². The molecule has 3 N–H and O–H groups in total. The van der Waals surface area contributed by atoms with Crippen LogP contribution in [0.4, 0.5) is 9.59 Å². The van der Waals surface area contributed by atoms with Gasteiger partial charge in [-0.1, -0.05) is 73.5 Å². The SMILES string of the molecule is O=C(CCN1C(=O)NC2(CCCC2)C1=O)NN1C(=O)NC(c2ccccc2)(c2ccccc2)C1=O. The largest absolute Gasteiger partial charge is 0.344 e. The highest BCUT2D eigenvalue weighted by atomic mass is 16.2. The number of carbonyl (C=O) groups is 5. The Labute approximate surface area is 201 Å². The van der Waals surface area contributed by atoms with Crippen molar-refractivity contribution in [2.45, 2.75) is 43.2 Å². The van der Waals surface area contributed by atoms with Gasteiger partial charge in [-0.05, 0) is 24.0 Å². The Morgan fingerprint density at radius 3 is 1.94 bits per heavy atom. The van der Waals surface area contributed by atoms with Gasteiger partial charge < -0.3 is 10.6 Å². The van der Waals surface area contributed by atoms with Crippen molar-refractivity contribution in [3.8, 4) is 0 Å². The number of carbonyl (C=O) groups excluding carboxylic acids is 5. The Morgan fingerprint density at radius 1 is 0.800 bits per heavy atom. The van der Waals surface area contributed by atoms with E-state index in [0.717, 1.165) is 17.7 Å². The molecule has 3 fully saturated rings. The predicted molar refractivity (Wildman–Crippen MR) is 123 cm³/mol. The maximum Gasteiger partial charge on any atom is 0.344 e. The molecule has 180 valence electrons. The fourth-order valence-corrected chi connectivity index (χ4v) is 5.16. The molecule has 2 heterocycles. The van der Waals surface area contributed by atoms with Crippen LogP contribution in [0.3, 0.4) is 0 Å². The number of nitrogens with one attached hydrogen (secondary N) is 3. The lowest BCUT2D eigenvalue weighted by atomic mass is 9.83. The van der Waals surface area contributed by atoms with E-state index >= 15 is 0 Å². The number of urea groups is 2. The number of rotatable bonds is 6. The molecule has 1 aliphatic carbocycles. The summed E-state index contributed by atoms with van der Waals surface area (Å²) in [4.78, 5) is 65.3. The van der Waals surface area contributed by atoms with E-state index in [4.69, 9.17) is 0 Å². The molecule has 2 aromatic rings. The summed E-state index contributed by atoms with van der Waals surface area (Å²) in [5, 5.41) is 6.17. The van der Waals surface area contributed by atoms with Crippen LogP contribution < -0.4 is 16.1 Å². The minimum atomic E-state index is -1.51. The molecule has 10 heteroatoms. The summed E-state index contributed by atoms with van der Waals surface area (Å²) < 4.78 is 0. The van der Waals surface area contributed by atoms with E-state index in [2.05, 4.69) is 16.1 Å². The number of imide groups is 2.